The molecule has 54 heavy (non-hydrogen) atoms. The zero-order valence-electron chi connectivity index (χ0n) is 30.0. The number of ether oxygens (including phenoxy) is 2. The first kappa shape index (κ1) is 35.2. The number of alkyl carbamates (subject to hydrolysis) is 1. The van der Waals surface area contributed by atoms with Gasteiger partial charge in [-0.2, -0.15) is 4.39 Å². The van der Waals surface area contributed by atoms with Gasteiger partial charge in [0, 0.05) is 37.6 Å². The number of benzene rings is 2. The van der Waals surface area contributed by atoms with Crippen molar-refractivity contribution in [3.63, 3.8) is 0 Å². The van der Waals surface area contributed by atoms with E-state index in [1.165, 1.54) is 40.8 Å². The summed E-state index contributed by atoms with van der Waals surface area (Å²) < 4.78 is 62.5. The SMILES string of the molecule is Cn1cc(-c2c3c4c(ncc5c4n(c(=O)n5C)[C@H]4C[C@H](NC(=O)OC(C)(C)C)[C@@H](C4)OCC(=O)Nc4ccc-3cc4)n2S(=O)(=O)c2ccccc2)c(F)n1. The van der Waals surface area contributed by atoms with Crippen LogP contribution in [0.2, 0.25) is 0 Å². The third-order valence-electron chi connectivity index (χ3n) is 9.74. The lowest BCUT2D eigenvalue weighted by Crippen LogP contribution is -2.44. The number of carbonyl (C=O) groups excluding carboxylic acids is 2. The van der Waals surface area contributed by atoms with E-state index in [9.17, 15) is 22.8 Å². The van der Waals surface area contributed by atoms with Crippen LogP contribution in [-0.2, 0) is 38.4 Å². The van der Waals surface area contributed by atoms with Crippen molar-refractivity contribution in [1.82, 2.24) is 33.2 Å². The first-order valence-electron chi connectivity index (χ1n) is 17.3. The van der Waals surface area contributed by atoms with E-state index >= 15 is 4.39 Å². The monoisotopic (exact) mass is 756 g/mol. The highest BCUT2D eigenvalue weighted by molar-refractivity contribution is 7.90. The van der Waals surface area contributed by atoms with Crippen LogP contribution in [0.1, 0.15) is 39.7 Å². The van der Waals surface area contributed by atoms with E-state index in [2.05, 4.69) is 15.7 Å². The fraction of sp³-hybridized carbons (Fsp3) is 0.324. The molecule has 4 aromatic heterocycles. The van der Waals surface area contributed by atoms with Crippen molar-refractivity contribution >= 4 is 49.8 Å². The van der Waals surface area contributed by atoms with Gasteiger partial charge >= 0.3 is 11.8 Å². The molecule has 2 N–H and O–H groups in total. The summed E-state index contributed by atoms with van der Waals surface area (Å²) in [5.74, 6) is -1.38. The number of rotatable bonds is 4. The molecule has 0 unspecified atom stereocenters. The highest BCUT2D eigenvalue weighted by atomic mass is 32.2. The van der Waals surface area contributed by atoms with Crippen molar-refractivity contribution < 1.29 is 31.9 Å². The second-order valence-electron chi connectivity index (χ2n) is 14.6. The van der Waals surface area contributed by atoms with Gasteiger partial charge in [0.15, 0.2) is 5.65 Å². The van der Waals surface area contributed by atoms with Gasteiger partial charge < -0.3 is 20.1 Å². The van der Waals surface area contributed by atoms with Gasteiger partial charge in [-0.3, -0.25) is 18.6 Å². The second kappa shape index (κ2) is 12.7. The molecular formula is C37H37FN8O7S. The third-order valence-corrected chi connectivity index (χ3v) is 11.4. The molecule has 2 amide bonds. The molecular weight excluding hydrogens is 720 g/mol. The molecule has 3 atom stereocenters. The predicted molar refractivity (Wildman–Crippen MR) is 197 cm³/mol. The van der Waals surface area contributed by atoms with Gasteiger partial charge in [0.25, 0.3) is 10.0 Å². The van der Waals surface area contributed by atoms with Gasteiger partial charge in [0.2, 0.25) is 11.9 Å². The van der Waals surface area contributed by atoms with Crippen molar-refractivity contribution in [3.05, 3.63) is 83.4 Å². The largest absolute Gasteiger partial charge is 0.444 e. The Balaban J connectivity index is 1.48. The Kier molecular flexibility index (Phi) is 8.26. The van der Waals surface area contributed by atoms with Crippen molar-refractivity contribution in [2.45, 2.75) is 62.3 Å². The van der Waals surface area contributed by atoms with Crippen LogP contribution >= 0.6 is 0 Å². The van der Waals surface area contributed by atoms with Crippen LogP contribution in [0, 0.1) is 5.95 Å². The molecule has 280 valence electrons. The number of anilines is 1. The minimum atomic E-state index is -4.49. The molecule has 6 heterocycles. The summed E-state index contributed by atoms with van der Waals surface area (Å²) in [5, 5.41) is 9.88. The van der Waals surface area contributed by atoms with Crippen molar-refractivity contribution in [2.75, 3.05) is 11.9 Å². The van der Waals surface area contributed by atoms with Crippen LogP contribution < -0.4 is 16.3 Å². The summed E-state index contributed by atoms with van der Waals surface area (Å²) in [4.78, 5) is 45.2. The second-order valence-corrected chi connectivity index (χ2v) is 16.4. The molecule has 0 radical (unpaired) electrons. The Labute approximate surface area is 308 Å². The molecule has 15 nitrogen and oxygen atoms in total. The van der Waals surface area contributed by atoms with Gasteiger partial charge in [-0.15, -0.1) is 5.10 Å². The first-order valence-corrected chi connectivity index (χ1v) is 18.7. The number of aryl methyl sites for hydroxylation is 2. The number of hydrogen-bond acceptors (Lipinski definition) is 9. The van der Waals surface area contributed by atoms with Crippen molar-refractivity contribution in [2.24, 2.45) is 14.1 Å². The van der Waals surface area contributed by atoms with E-state index in [0.717, 1.165) is 3.97 Å². The zero-order chi connectivity index (χ0) is 38.3. The average Bonchev–Trinajstić information content (AvgIpc) is 3.83. The topological polar surface area (TPSA) is 173 Å². The minimum absolute atomic E-state index is 0.0464. The maximum Gasteiger partial charge on any atom is 0.407 e. The van der Waals surface area contributed by atoms with Crippen LogP contribution in [0.25, 0.3) is 44.5 Å². The summed E-state index contributed by atoms with van der Waals surface area (Å²) in [6, 6.07) is 13.1. The number of hydrogen-bond donors (Lipinski definition) is 2. The third kappa shape index (κ3) is 5.83. The van der Waals surface area contributed by atoms with E-state index in [4.69, 9.17) is 14.5 Å². The van der Waals surface area contributed by atoms with E-state index in [0.29, 0.717) is 22.3 Å². The predicted octanol–water partition coefficient (Wildman–Crippen LogP) is 4.70. The van der Waals surface area contributed by atoms with Crippen LogP contribution in [0.3, 0.4) is 0 Å². The number of pyridine rings is 1. The molecule has 1 saturated carbocycles. The molecule has 0 spiro atoms. The molecule has 6 aromatic rings. The van der Waals surface area contributed by atoms with E-state index < -0.39 is 57.4 Å². The molecule has 2 aromatic carbocycles. The van der Waals surface area contributed by atoms with Crippen LogP contribution in [0.4, 0.5) is 14.9 Å². The first-order chi connectivity index (χ1) is 25.6. The number of imidazole rings is 1. The number of fused-ring (bicyclic) bond motifs is 5. The van der Waals surface area contributed by atoms with E-state index in [1.54, 1.807) is 74.9 Å². The number of aromatic nitrogens is 6. The van der Waals surface area contributed by atoms with Gasteiger partial charge in [0.1, 0.15) is 12.2 Å². The highest BCUT2D eigenvalue weighted by Crippen LogP contribution is 2.46. The number of carbonyl (C=O) groups is 2. The fourth-order valence-corrected chi connectivity index (χ4v) is 9.04. The van der Waals surface area contributed by atoms with Crippen LogP contribution in [-0.4, -0.2) is 72.6 Å². The molecule has 9 rings (SSSR count). The number of nitrogens with zero attached hydrogens (tertiary/aromatic N) is 6. The average molecular weight is 757 g/mol. The summed E-state index contributed by atoms with van der Waals surface area (Å²) in [6.07, 6.45) is 1.81. The standard InChI is InChI=1S/C37H37FN8O7S/c1-37(2,3)53-35(48)41-25-15-22-16-27(25)52-19-28(47)40-21-13-11-20(12-14-21)29-30-32-26(44(5)36(49)45(22)32)17-39-34(30)46(31(29)24-18-43(4)42-33(24)38)54(50,51)23-9-7-6-8-10-23/h6-14,17-18,22,25,27H,15-16,19H2,1-5H3,(H,40,47)(H,41,48)/t22-,25-,27+/m0/s1. The van der Waals surface area contributed by atoms with E-state index in [1.807, 2.05) is 0 Å². The smallest absolute Gasteiger partial charge is 0.407 e. The van der Waals surface area contributed by atoms with Crippen LogP contribution in [0.5, 0.6) is 0 Å². The number of amides is 2. The molecule has 0 saturated heterocycles. The molecule has 1 fully saturated rings. The molecule has 4 bridgehead atoms. The lowest BCUT2D eigenvalue weighted by atomic mass is 9.99. The van der Waals surface area contributed by atoms with Crippen molar-refractivity contribution in [1.29, 1.82) is 0 Å². The minimum Gasteiger partial charge on any atom is -0.444 e. The lowest BCUT2D eigenvalue weighted by Gasteiger charge is -2.24. The Morgan fingerprint density at radius 3 is 2.44 bits per heavy atom. The van der Waals surface area contributed by atoms with Gasteiger partial charge in [-0.1, -0.05) is 30.3 Å². The Hall–Kier alpha value is -5.81. The summed E-state index contributed by atoms with van der Waals surface area (Å²) in [6.45, 7) is 4.88. The van der Waals surface area contributed by atoms with E-state index in [-0.39, 0.29) is 52.2 Å². The van der Waals surface area contributed by atoms with Gasteiger partial charge in [0.05, 0.1) is 50.9 Å². The Morgan fingerprint density at radius 2 is 1.78 bits per heavy atom. The van der Waals surface area contributed by atoms with Gasteiger partial charge in [-0.25, -0.2) is 27.0 Å². The number of nitrogens with one attached hydrogen (secondary N) is 2. The molecule has 17 heteroatoms. The maximum atomic E-state index is 16.0. The highest BCUT2D eigenvalue weighted by Gasteiger charge is 2.41. The molecule has 1 aliphatic carbocycles. The summed E-state index contributed by atoms with van der Waals surface area (Å²) in [7, 11) is -1.37. The zero-order valence-corrected chi connectivity index (χ0v) is 30.8. The molecule has 2 aliphatic heterocycles. The lowest BCUT2D eigenvalue weighted by molar-refractivity contribution is -0.122. The summed E-state index contributed by atoms with van der Waals surface area (Å²) >= 11 is 0. The quantitative estimate of drug-likeness (QED) is 0.259. The van der Waals surface area contributed by atoms with Gasteiger partial charge in [-0.05, 0) is 63.4 Å². The fourth-order valence-electron chi connectivity index (χ4n) is 7.54. The summed E-state index contributed by atoms with van der Waals surface area (Å²) in [5.41, 5.74) is 0.448. The Morgan fingerprint density at radius 1 is 1.06 bits per heavy atom. The van der Waals surface area contributed by atoms with Crippen molar-refractivity contribution in [3.8, 4) is 22.4 Å². The number of halogens is 1. The van der Waals surface area contributed by atoms with Crippen LogP contribution in [0.15, 0.2) is 76.7 Å². The Bertz CT molecular complexity index is 2660. The molecule has 3 aliphatic rings. The normalized spacial score (nSPS) is 18.9. The maximum absolute atomic E-state index is 16.0.